The number of hydrogen-bond donors (Lipinski definition) is 2. The van der Waals surface area contributed by atoms with E-state index in [9.17, 15) is 4.79 Å². The Hall–Kier alpha value is -2.44. The van der Waals surface area contributed by atoms with E-state index < -0.39 is 0 Å². The zero-order valence-electron chi connectivity index (χ0n) is 18.0. The van der Waals surface area contributed by atoms with Crippen LogP contribution in [0.15, 0.2) is 43.1 Å². The highest BCUT2D eigenvalue weighted by atomic mass is 35.5. The Balaban J connectivity index is 1.86. The highest BCUT2D eigenvalue weighted by Gasteiger charge is 2.07. The van der Waals surface area contributed by atoms with Crippen molar-refractivity contribution < 1.29 is 4.79 Å². The molecule has 0 aliphatic carbocycles. The first-order valence-corrected chi connectivity index (χ1v) is 10.9. The number of halogens is 1. The van der Waals surface area contributed by atoms with Crippen molar-refractivity contribution in [1.82, 2.24) is 14.9 Å². The molecule has 0 bridgehead atoms. The van der Waals surface area contributed by atoms with E-state index in [-0.39, 0.29) is 5.78 Å². The number of aromatic nitrogens is 2. The summed E-state index contributed by atoms with van der Waals surface area (Å²) in [4.78, 5) is 22.7. The van der Waals surface area contributed by atoms with Crippen LogP contribution in [0.4, 0.5) is 11.8 Å². The number of anilines is 2. The third-order valence-electron chi connectivity index (χ3n) is 4.88. The molecule has 0 aliphatic rings. The Labute approximate surface area is 184 Å². The fourth-order valence-electron chi connectivity index (χ4n) is 3.09. The van der Waals surface area contributed by atoms with Crippen molar-refractivity contribution in [3.8, 4) is 0 Å². The summed E-state index contributed by atoms with van der Waals surface area (Å²) in [5.74, 6) is 1.16. The number of nitrogens with zero attached hydrogens (tertiary/aromatic N) is 3. The van der Waals surface area contributed by atoms with Crippen LogP contribution in [0.1, 0.15) is 37.8 Å². The smallest absolute Gasteiger partial charge is 0.224 e. The molecule has 30 heavy (non-hydrogen) atoms. The highest BCUT2D eigenvalue weighted by molar-refractivity contribution is 6.32. The average Bonchev–Trinajstić information content (AvgIpc) is 2.76. The summed E-state index contributed by atoms with van der Waals surface area (Å²) in [6.45, 7) is 12.6. The van der Waals surface area contributed by atoms with Gasteiger partial charge in [-0.05, 0) is 49.7 Å². The van der Waals surface area contributed by atoms with Gasteiger partial charge in [0.25, 0.3) is 0 Å². The molecule has 0 spiro atoms. The molecule has 0 saturated carbocycles. The summed E-state index contributed by atoms with van der Waals surface area (Å²) >= 11 is 6.26. The molecule has 1 heterocycles. The zero-order chi connectivity index (χ0) is 21.8. The van der Waals surface area contributed by atoms with Crippen molar-refractivity contribution in [1.29, 1.82) is 0 Å². The zero-order valence-corrected chi connectivity index (χ0v) is 18.7. The number of carbonyl (C=O) groups is 1. The normalized spacial score (nSPS) is 10.8. The number of unbranched alkanes of at least 4 members (excludes halogenated alkanes) is 1. The van der Waals surface area contributed by atoms with E-state index in [4.69, 9.17) is 11.6 Å². The summed E-state index contributed by atoms with van der Waals surface area (Å²) < 4.78 is 0. The van der Waals surface area contributed by atoms with Crippen LogP contribution in [0, 0.1) is 0 Å². The van der Waals surface area contributed by atoms with Crippen molar-refractivity contribution in [2.75, 3.05) is 36.8 Å². The minimum absolute atomic E-state index is 0.00627. The fourth-order valence-corrected chi connectivity index (χ4v) is 3.24. The third-order valence-corrected chi connectivity index (χ3v) is 5.16. The lowest BCUT2D eigenvalue weighted by Gasteiger charge is -2.17. The molecule has 0 aliphatic heterocycles. The van der Waals surface area contributed by atoms with Crippen LogP contribution in [0.25, 0.3) is 0 Å². The van der Waals surface area contributed by atoms with Crippen molar-refractivity contribution >= 4 is 29.2 Å². The first kappa shape index (κ1) is 23.8. The second kappa shape index (κ2) is 13.0. The molecule has 6 nitrogen and oxygen atoms in total. The first-order valence-electron chi connectivity index (χ1n) is 10.5. The molecule has 2 N–H and O–H groups in total. The molecule has 162 valence electrons. The van der Waals surface area contributed by atoms with Gasteiger partial charge in [-0.15, -0.1) is 0 Å². The van der Waals surface area contributed by atoms with Gasteiger partial charge in [0, 0.05) is 19.5 Å². The van der Waals surface area contributed by atoms with Crippen molar-refractivity contribution in [3.63, 3.8) is 0 Å². The fraction of sp³-hybridized carbons (Fsp3) is 0.435. The molecule has 0 saturated heterocycles. The minimum atomic E-state index is 0.00627. The third kappa shape index (κ3) is 8.13. The van der Waals surface area contributed by atoms with Gasteiger partial charge < -0.3 is 15.5 Å². The Morgan fingerprint density at radius 2 is 1.97 bits per heavy atom. The van der Waals surface area contributed by atoms with Gasteiger partial charge in [-0.1, -0.05) is 56.3 Å². The lowest BCUT2D eigenvalue weighted by Crippen LogP contribution is -2.24. The summed E-state index contributed by atoms with van der Waals surface area (Å²) in [6.07, 6.45) is 5.51. The maximum Gasteiger partial charge on any atom is 0.224 e. The van der Waals surface area contributed by atoms with Gasteiger partial charge >= 0.3 is 0 Å². The summed E-state index contributed by atoms with van der Waals surface area (Å²) in [7, 11) is 0. The van der Waals surface area contributed by atoms with E-state index in [0.717, 1.165) is 50.1 Å². The number of carbonyl (C=O) groups excluding carboxylic acids is 1. The van der Waals surface area contributed by atoms with E-state index in [0.29, 0.717) is 29.8 Å². The molecule has 0 unspecified atom stereocenters. The standard InChI is InChI=1S/C23H32ClN5O/c1-4-20(30)15-18-10-9-11-19(14-18)16-26-22-21(24)17-27-23(28-22)25-12-7-8-13-29(5-2)6-3/h4,9-11,14,17H,1,5-8,12-13,15-16H2,2-3H3,(H2,25,26,27,28). The maximum absolute atomic E-state index is 11.6. The van der Waals surface area contributed by atoms with Gasteiger partial charge in [0.2, 0.25) is 5.95 Å². The number of hydrogen-bond acceptors (Lipinski definition) is 6. The molecule has 0 amide bonds. The van der Waals surface area contributed by atoms with Crippen molar-refractivity contribution in [3.05, 3.63) is 59.3 Å². The Morgan fingerprint density at radius 3 is 2.70 bits per heavy atom. The van der Waals surface area contributed by atoms with Crippen LogP contribution in [-0.4, -0.2) is 46.8 Å². The van der Waals surface area contributed by atoms with Crippen LogP contribution >= 0.6 is 11.6 Å². The van der Waals surface area contributed by atoms with Gasteiger partial charge in [0.05, 0.1) is 6.20 Å². The molecule has 2 aromatic rings. The molecule has 7 heteroatoms. The van der Waals surface area contributed by atoms with Crippen LogP contribution < -0.4 is 10.6 Å². The lowest BCUT2D eigenvalue weighted by atomic mass is 10.1. The number of rotatable bonds is 14. The lowest BCUT2D eigenvalue weighted by molar-refractivity contribution is -0.114. The van der Waals surface area contributed by atoms with Crippen LogP contribution in [-0.2, 0) is 17.8 Å². The molecular weight excluding hydrogens is 398 g/mol. The second-order valence-corrected chi connectivity index (χ2v) is 7.48. The van der Waals surface area contributed by atoms with Crippen LogP contribution in [0.3, 0.4) is 0 Å². The Kier molecular flexibility index (Phi) is 10.3. The summed E-state index contributed by atoms with van der Waals surface area (Å²) in [6, 6.07) is 7.87. The van der Waals surface area contributed by atoms with Gasteiger partial charge in [-0.25, -0.2) is 4.98 Å². The van der Waals surface area contributed by atoms with Gasteiger partial charge in [-0.2, -0.15) is 4.98 Å². The highest BCUT2D eigenvalue weighted by Crippen LogP contribution is 2.20. The predicted molar refractivity (Wildman–Crippen MR) is 125 cm³/mol. The monoisotopic (exact) mass is 429 g/mol. The summed E-state index contributed by atoms with van der Waals surface area (Å²) in [5, 5.41) is 7.00. The van der Waals surface area contributed by atoms with Crippen LogP contribution in [0.2, 0.25) is 5.02 Å². The van der Waals surface area contributed by atoms with E-state index in [1.54, 1.807) is 6.20 Å². The Morgan fingerprint density at radius 1 is 1.20 bits per heavy atom. The van der Waals surface area contributed by atoms with Crippen molar-refractivity contribution in [2.45, 2.75) is 39.7 Å². The topological polar surface area (TPSA) is 70.2 Å². The van der Waals surface area contributed by atoms with Crippen molar-refractivity contribution in [2.24, 2.45) is 0 Å². The molecule has 0 atom stereocenters. The average molecular weight is 430 g/mol. The summed E-state index contributed by atoms with van der Waals surface area (Å²) in [5.41, 5.74) is 2.00. The number of allylic oxidation sites excluding steroid dienone is 1. The molecule has 2 rings (SSSR count). The predicted octanol–water partition coefficient (Wildman–Crippen LogP) is 4.57. The van der Waals surface area contributed by atoms with Gasteiger partial charge in [-0.3, -0.25) is 4.79 Å². The molecule has 0 fully saturated rings. The number of nitrogens with one attached hydrogen (secondary N) is 2. The second-order valence-electron chi connectivity index (χ2n) is 7.07. The first-order chi connectivity index (χ1) is 14.5. The SMILES string of the molecule is C=CC(=O)Cc1cccc(CNc2nc(NCCCCN(CC)CC)ncc2Cl)c1. The largest absolute Gasteiger partial charge is 0.365 e. The molecular formula is C23H32ClN5O. The van der Waals surface area contributed by atoms with Crippen LogP contribution in [0.5, 0.6) is 0 Å². The maximum atomic E-state index is 11.6. The molecule has 1 aromatic carbocycles. The molecule has 1 aromatic heterocycles. The van der Waals surface area contributed by atoms with E-state index in [1.807, 2.05) is 24.3 Å². The minimum Gasteiger partial charge on any atom is -0.365 e. The van der Waals surface area contributed by atoms with Gasteiger partial charge in [0.15, 0.2) is 11.6 Å². The number of ketones is 1. The van der Waals surface area contributed by atoms with Gasteiger partial charge in [0.1, 0.15) is 5.02 Å². The Bertz CT molecular complexity index is 823. The van der Waals surface area contributed by atoms with E-state index >= 15 is 0 Å². The number of benzene rings is 1. The quantitative estimate of drug-likeness (QED) is 0.338. The molecule has 0 radical (unpaired) electrons. The van der Waals surface area contributed by atoms with E-state index in [2.05, 4.69) is 45.9 Å². The van der Waals surface area contributed by atoms with E-state index in [1.165, 1.54) is 6.08 Å².